The number of benzene rings is 1. The number of rotatable bonds is 2. The minimum atomic E-state index is 0.0916. The second-order valence-electron chi connectivity index (χ2n) is 2.85. The largest absolute Gasteiger partial charge is 0.493 e. The summed E-state index contributed by atoms with van der Waals surface area (Å²) < 4.78 is 0. The highest BCUT2D eigenvalue weighted by molar-refractivity contribution is 7.98. The minimum Gasteiger partial charge on any atom is -0.493 e. The van der Waals surface area contributed by atoms with Gasteiger partial charge in [-0.3, -0.25) is 0 Å². The number of imidazole rings is 1. The summed E-state index contributed by atoms with van der Waals surface area (Å²) in [5.74, 6) is 0.782. The summed E-state index contributed by atoms with van der Waals surface area (Å²) in [5.41, 5.74) is 0.975. The van der Waals surface area contributed by atoms with Crippen LogP contribution in [0.4, 0.5) is 0 Å². The zero-order chi connectivity index (χ0) is 9.97. The topological polar surface area (TPSA) is 48.9 Å². The van der Waals surface area contributed by atoms with Crippen molar-refractivity contribution in [3.8, 4) is 17.3 Å². The maximum absolute atomic E-state index is 9.09. The van der Waals surface area contributed by atoms with Gasteiger partial charge in [-0.05, 0) is 18.4 Å². The Hall–Kier alpha value is -1.42. The number of nitrogens with one attached hydrogen (secondary N) is 1. The standard InChI is InChI=1S/C10H10N2OS/c1-14-8-4-2-7(3-5-8)10-11-6-9(13)12-10/h2-6,13H,1H3,(H,11,12). The average Bonchev–Trinajstić information content (AvgIpc) is 2.65. The number of H-pyrrole nitrogens is 1. The van der Waals surface area contributed by atoms with E-state index in [2.05, 4.69) is 9.97 Å². The molecule has 1 heterocycles. The Morgan fingerprint density at radius 3 is 2.50 bits per heavy atom. The normalized spacial score (nSPS) is 10.4. The Bertz CT molecular complexity index is 422. The van der Waals surface area contributed by atoms with Gasteiger partial charge < -0.3 is 10.1 Å². The van der Waals surface area contributed by atoms with Crippen molar-refractivity contribution in [2.24, 2.45) is 0 Å². The molecule has 0 aliphatic rings. The molecule has 0 atom stereocenters. The van der Waals surface area contributed by atoms with Gasteiger partial charge in [-0.15, -0.1) is 11.8 Å². The van der Waals surface area contributed by atoms with E-state index in [1.54, 1.807) is 11.8 Å². The molecule has 0 aliphatic carbocycles. The van der Waals surface area contributed by atoms with Gasteiger partial charge in [-0.25, -0.2) is 4.98 Å². The van der Waals surface area contributed by atoms with Crippen LogP contribution in [0.2, 0.25) is 0 Å². The predicted molar refractivity (Wildman–Crippen MR) is 57.5 cm³/mol. The lowest BCUT2D eigenvalue weighted by molar-refractivity contribution is 0.457. The van der Waals surface area contributed by atoms with Crippen molar-refractivity contribution >= 4 is 11.8 Å². The SMILES string of the molecule is CSc1ccc(-c2ncc(O)[nH]2)cc1. The number of aromatic amines is 1. The summed E-state index contributed by atoms with van der Waals surface area (Å²) in [4.78, 5) is 8.01. The Kier molecular flexibility index (Phi) is 2.45. The molecule has 4 heteroatoms. The highest BCUT2D eigenvalue weighted by atomic mass is 32.2. The quantitative estimate of drug-likeness (QED) is 0.742. The van der Waals surface area contributed by atoms with Crippen molar-refractivity contribution in [2.75, 3.05) is 6.26 Å². The van der Waals surface area contributed by atoms with Crippen molar-refractivity contribution in [3.63, 3.8) is 0 Å². The number of aromatic nitrogens is 2. The molecule has 1 aromatic carbocycles. The molecule has 0 saturated heterocycles. The molecule has 0 amide bonds. The summed E-state index contributed by atoms with van der Waals surface area (Å²) >= 11 is 1.70. The number of hydrogen-bond donors (Lipinski definition) is 2. The molecule has 3 nitrogen and oxygen atoms in total. The van der Waals surface area contributed by atoms with E-state index in [-0.39, 0.29) is 5.88 Å². The van der Waals surface area contributed by atoms with E-state index in [0.717, 1.165) is 5.56 Å². The van der Waals surface area contributed by atoms with Crippen LogP contribution >= 0.6 is 11.8 Å². The molecule has 0 fully saturated rings. The summed E-state index contributed by atoms with van der Waals surface area (Å²) in [6.07, 6.45) is 3.44. The van der Waals surface area contributed by atoms with Gasteiger partial charge >= 0.3 is 0 Å². The van der Waals surface area contributed by atoms with Gasteiger partial charge in [0.25, 0.3) is 0 Å². The van der Waals surface area contributed by atoms with Crippen LogP contribution in [0.3, 0.4) is 0 Å². The van der Waals surface area contributed by atoms with Gasteiger partial charge in [-0.2, -0.15) is 0 Å². The second kappa shape index (κ2) is 3.75. The van der Waals surface area contributed by atoms with Crippen LogP contribution in [0.25, 0.3) is 11.4 Å². The van der Waals surface area contributed by atoms with E-state index >= 15 is 0 Å². The molecule has 0 unspecified atom stereocenters. The molecule has 0 spiro atoms. The zero-order valence-corrected chi connectivity index (χ0v) is 8.51. The fourth-order valence-corrected chi connectivity index (χ4v) is 1.62. The van der Waals surface area contributed by atoms with E-state index in [4.69, 9.17) is 5.11 Å². The van der Waals surface area contributed by atoms with Crippen molar-refractivity contribution in [1.82, 2.24) is 9.97 Å². The number of thioether (sulfide) groups is 1. The van der Waals surface area contributed by atoms with E-state index in [1.807, 2.05) is 30.5 Å². The van der Waals surface area contributed by atoms with E-state index in [9.17, 15) is 0 Å². The first kappa shape index (κ1) is 9.15. The number of hydrogen-bond acceptors (Lipinski definition) is 3. The van der Waals surface area contributed by atoms with Crippen LogP contribution in [-0.2, 0) is 0 Å². The molecule has 0 bridgehead atoms. The number of nitrogens with zero attached hydrogens (tertiary/aromatic N) is 1. The Morgan fingerprint density at radius 1 is 1.29 bits per heavy atom. The molecule has 2 rings (SSSR count). The van der Waals surface area contributed by atoms with Crippen molar-refractivity contribution in [2.45, 2.75) is 4.90 Å². The van der Waals surface area contributed by atoms with Crippen LogP contribution in [0.1, 0.15) is 0 Å². The third kappa shape index (κ3) is 1.75. The first-order valence-electron chi connectivity index (χ1n) is 4.18. The van der Waals surface area contributed by atoms with Crippen molar-refractivity contribution in [1.29, 1.82) is 0 Å². The highest BCUT2D eigenvalue weighted by Gasteiger charge is 2.01. The second-order valence-corrected chi connectivity index (χ2v) is 3.73. The van der Waals surface area contributed by atoms with E-state index in [1.165, 1.54) is 11.1 Å². The highest BCUT2D eigenvalue weighted by Crippen LogP contribution is 2.21. The first-order chi connectivity index (χ1) is 6.79. The number of aromatic hydroxyl groups is 1. The van der Waals surface area contributed by atoms with Crippen LogP contribution < -0.4 is 0 Å². The Labute approximate surface area is 86.2 Å². The lowest BCUT2D eigenvalue weighted by Gasteiger charge is -1.98. The summed E-state index contributed by atoms with van der Waals surface area (Å²) in [6.45, 7) is 0. The molecule has 0 aliphatic heterocycles. The van der Waals surface area contributed by atoms with Gasteiger partial charge in [0.2, 0.25) is 5.88 Å². The van der Waals surface area contributed by atoms with Crippen LogP contribution in [0.5, 0.6) is 5.88 Å². The van der Waals surface area contributed by atoms with Gasteiger partial charge in [0.05, 0.1) is 6.20 Å². The van der Waals surface area contributed by atoms with E-state index in [0.29, 0.717) is 5.82 Å². The maximum Gasteiger partial charge on any atom is 0.208 e. The lowest BCUT2D eigenvalue weighted by atomic mass is 10.2. The molecule has 72 valence electrons. The molecule has 0 radical (unpaired) electrons. The van der Waals surface area contributed by atoms with Gasteiger partial charge in [-0.1, -0.05) is 12.1 Å². The zero-order valence-electron chi connectivity index (χ0n) is 7.69. The molecule has 1 aromatic heterocycles. The Balaban J connectivity index is 2.33. The van der Waals surface area contributed by atoms with Crippen molar-refractivity contribution in [3.05, 3.63) is 30.5 Å². The van der Waals surface area contributed by atoms with Crippen molar-refractivity contribution < 1.29 is 5.11 Å². The third-order valence-electron chi connectivity index (χ3n) is 1.93. The fourth-order valence-electron chi connectivity index (χ4n) is 1.21. The van der Waals surface area contributed by atoms with Gasteiger partial charge in [0, 0.05) is 10.5 Å². The smallest absolute Gasteiger partial charge is 0.208 e. The molecule has 0 saturated carbocycles. The Morgan fingerprint density at radius 2 is 2.00 bits per heavy atom. The lowest BCUT2D eigenvalue weighted by Crippen LogP contribution is -1.79. The minimum absolute atomic E-state index is 0.0916. The fraction of sp³-hybridized carbons (Fsp3) is 0.100. The third-order valence-corrected chi connectivity index (χ3v) is 2.67. The van der Waals surface area contributed by atoms with Crippen LogP contribution in [0.15, 0.2) is 35.4 Å². The molecule has 14 heavy (non-hydrogen) atoms. The summed E-state index contributed by atoms with van der Waals surface area (Å²) in [7, 11) is 0. The molecular formula is C10H10N2OS. The first-order valence-corrected chi connectivity index (χ1v) is 5.40. The monoisotopic (exact) mass is 206 g/mol. The van der Waals surface area contributed by atoms with Gasteiger partial charge in [0.15, 0.2) is 0 Å². The summed E-state index contributed by atoms with van der Waals surface area (Å²) in [5, 5.41) is 9.09. The molecule has 2 aromatic rings. The maximum atomic E-state index is 9.09. The van der Waals surface area contributed by atoms with E-state index < -0.39 is 0 Å². The predicted octanol–water partition coefficient (Wildman–Crippen LogP) is 2.50. The average molecular weight is 206 g/mol. The van der Waals surface area contributed by atoms with Gasteiger partial charge in [0.1, 0.15) is 5.82 Å². The van der Waals surface area contributed by atoms with Crippen LogP contribution in [0, 0.1) is 0 Å². The van der Waals surface area contributed by atoms with Crippen LogP contribution in [-0.4, -0.2) is 21.3 Å². The molecule has 2 N–H and O–H groups in total. The summed E-state index contributed by atoms with van der Waals surface area (Å²) in [6, 6.07) is 8.01. The molecular weight excluding hydrogens is 196 g/mol.